The van der Waals surface area contributed by atoms with Crippen LogP contribution in [-0.2, 0) is 9.59 Å². The van der Waals surface area contributed by atoms with E-state index in [4.69, 9.17) is 21.1 Å². The van der Waals surface area contributed by atoms with Crippen molar-refractivity contribution in [3.8, 4) is 11.5 Å². The number of benzene rings is 3. The van der Waals surface area contributed by atoms with Gasteiger partial charge in [0, 0.05) is 41.8 Å². The van der Waals surface area contributed by atoms with Gasteiger partial charge in [0.2, 0.25) is 5.91 Å². The zero-order valence-corrected chi connectivity index (χ0v) is 22.8. The number of carbonyl (C=O) groups is 2. The van der Waals surface area contributed by atoms with Crippen LogP contribution >= 0.6 is 11.6 Å². The van der Waals surface area contributed by atoms with Crippen molar-refractivity contribution in [2.75, 3.05) is 37.4 Å². The van der Waals surface area contributed by atoms with Gasteiger partial charge < -0.3 is 25.0 Å². The highest BCUT2D eigenvalue weighted by Gasteiger charge is 2.28. The van der Waals surface area contributed by atoms with Crippen LogP contribution in [0.15, 0.2) is 60.9 Å². The molecule has 2 N–H and O–H groups in total. The zero-order valence-electron chi connectivity index (χ0n) is 22.0. The fraction of sp³-hybridized carbons (Fsp3) is 0.241. The number of halogens is 3. The normalized spacial score (nSPS) is 13.6. The van der Waals surface area contributed by atoms with E-state index < -0.39 is 5.82 Å². The predicted octanol–water partition coefficient (Wildman–Crippen LogP) is 5.57. The number of fused-ring (bicyclic) bond motifs is 1. The standard InChI is InChI=1S/C29H26ClF2N5O4/c1-40-25-14-24-21(28(34-16-33-24)35-20-6-7-23(32)22(30)12-20)13-26(25)41-15-27(38)37-10-8-17(9-11-37)29(39)36-19-4-2-18(31)3-5-19/h2-7,12-14,16-17H,8-11,15H2,1H3,(H,36,39)(H,33,34,35). The molecule has 2 amide bonds. The number of aromatic nitrogens is 2. The molecule has 12 heteroatoms. The average Bonchev–Trinajstić information content (AvgIpc) is 2.98. The predicted molar refractivity (Wildman–Crippen MR) is 151 cm³/mol. The van der Waals surface area contributed by atoms with Gasteiger partial charge >= 0.3 is 0 Å². The maximum absolute atomic E-state index is 13.6. The Morgan fingerprint density at radius 3 is 2.44 bits per heavy atom. The topological polar surface area (TPSA) is 106 Å². The molecule has 3 aromatic carbocycles. The minimum Gasteiger partial charge on any atom is -0.493 e. The molecule has 0 atom stereocenters. The van der Waals surface area contributed by atoms with Gasteiger partial charge in [-0.25, -0.2) is 18.7 Å². The summed E-state index contributed by atoms with van der Waals surface area (Å²) in [5.41, 5.74) is 1.62. The lowest BCUT2D eigenvalue weighted by atomic mass is 9.95. The van der Waals surface area contributed by atoms with Crippen LogP contribution in [0.5, 0.6) is 11.5 Å². The third-order valence-corrected chi connectivity index (χ3v) is 7.07. The fourth-order valence-electron chi connectivity index (χ4n) is 4.55. The molecule has 1 aliphatic heterocycles. The summed E-state index contributed by atoms with van der Waals surface area (Å²) in [7, 11) is 1.48. The summed E-state index contributed by atoms with van der Waals surface area (Å²) in [6.45, 7) is 0.569. The van der Waals surface area contributed by atoms with E-state index in [1.54, 1.807) is 17.0 Å². The quantitative estimate of drug-likeness (QED) is 0.280. The molecule has 2 heterocycles. The molecule has 1 aliphatic rings. The Hall–Kier alpha value is -4.51. The summed E-state index contributed by atoms with van der Waals surface area (Å²) < 4.78 is 38.0. The minimum absolute atomic E-state index is 0.0323. The number of ether oxygens (including phenoxy) is 2. The highest BCUT2D eigenvalue weighted by molar-refractivity contribution is 6.31. The molecular weight excluding hydrogens is 556 g/mol. The molecule has 0 saturated carbocycles. The van der Waals surface area contributed by atoms with Crippen LogP contribution in [0.1, 0.15) is 12.8 Å². The van der Waals surface area contributed by atoms with Crippen LogP contribution in [0.2, 0.25) is 5.02 Å². The first-order valence-corrected chi connectivity index (χ1v) is 13.2. The Labute approximate surface area is 239 Å². The number of carbonyl (C=O) groups excluding carboxylic acids is 2. The van der Waals surface area contributed by atoms with E-state index in [0.29, 0.717) is 65.5 Å². The van der Waals surface area contributed by atoms with E-state index in [2.05, 4.69) is 20.6 Å². The number of amides is 2. The highest BCUT2D eigenvalue weighted by Crippen LogP contribution is 2.35. The minimum atomic E-state index is -0.535. The number of piperidine rings is 1. The number of nitrogens with zero attached hydrogens (tertiary/aromatic N) is 3. The zero-order chi connectivity index (χ0) is 28.9. The lowest BCUT2D eigenvalue weighted by Crippen LogP contribution is -2.43. The monoisotopic (exact) mass is 581 g/mol. The van der Waals surface area contributed by atoms with Crippen molar-refractivity contribution >= 4 is 51.5 Å². The van der Waals surface area contributed by atoms with Crippen LogP contribution in [0.25, 0.3) is 10.9 Å². The summed E-state index contributed by atoms with van der Waals surface area (Å²) in [4.78, 5) is 35.8. The van der Waals surface area contributed by atoms with Gasteiger partial charge in [0.05, 0.1) is 17.6 Å². The molecule has 9 nitrogen and oxygen atoms in total. The van der Waals surface area contributed by atoms with Gasteiger partial charge in [0.25, 0.3) is 5.91 Å². The Kier molecular flexibility index (Phi) is 8.44. The lowest BCUT2D eigenvalue weighted by Gasteiger charge is -2.31. The van der Waals surface area contributed by atoms with Gasteiger partial charge in [-0.3, -0.25) is 9.59 Å². The van der Waals surface area contributed by atoms with E-state index in [0.717, 1.165) is 0 Å². The summed E-state index contributed by atoms with van der Waals surface area (Å²) in [6, 6.07) is 13.1. The second-order valence-corrected chi connectivity index (χ2v) is 9.84. The number of anilines is 3. The van der Waals surface area contributed by atoms with E-state index >= 15 is 0 Å². The number of likely N-dealkylation sites (tertiary alicyclic amines) is 1. The first-order valence-electron chi connectivity index (χ1n) is 12.8. The van der Waals surface area contributed by atoms with Gasteiger partial charge in [-0.15, -0.1) is 0 Å². The largest absolute Gasteiger partial charge is 0.493 e. The van der Waals surface area contributed by atoms with Crippen molar-refractivity contribution < 1.29 is 27.8 Å². The number of nitrogens with one attached hydrogen (secondary N) is 2. The highest BCUT2D eigenvalue weighted by atomic mass is 35.5. The SMILES string of the molecule is COc1cc2ncnc(Nc3ccc(F)c(Cl)c3)c2cc1OCC(=O)N1CCC(C(=O)Nc2ccc(F)cc2)CC1. The average molecular weight is 582 g/mol. The molecule has 212 valence electrons. The van der Waals surface area contributed by atoms with Crippen LogP contribution in [0.3, 0.4) is 0 Å². The second-order valence-electron chi connectivity index (χ2n) is 9.44. The molecule has 0 aliphatic carbocycles. The van der Waals surface area contributed by atoms with Crippen LogP contribution < -0.4 is 20.1 Å². The Morgan fingerprint density at radius 2 is 1.73 bits per heavy atom. The number of hydrogen-bond acceptors (Lipinski definition) is 7. The van der Waals surface area contributed by atoms with E-state index in [9.17, 15) is 18.4 Å². The number of methoxy groups -OCH3 is 1. The maximum Gasteiger partial charge on any atom is 0.260 e. The van der Waals surface area contributed by atoms with Gasteiger partial charge in [0.1, 0.15) is 23.8 Å². The second kappa shape index (κ2) is 12.3. The summed E-state index contributed by atoms with van der Waals surface area (Å²) in [6.07, 6.45) is 2.37. The summed E-state index contributed by atoms with van der Waals surface area (Å²) in [5.74, 6) is -0.423. The van der Waals surface area contributed by atoms with Crippen molar-refractivity contribution in [2.45, 2.75) is 12.8 Å². The van der Waals surface area contributed by atoms with Crippen molar-refractivity contribution in [2.24, 2.45) is 5.92 Å². The third kappa shape index (κ3) is 6.63. The molecule has 1 fully saturated rings. The Morgan fingerprint density at radius 1 is 1.00 bits per heavy atom. The van der Waals surface area contributed by atoms with Crippen LogP contribution in [-0.4, -0.2) is 53.5 Å². The maximum atomic E-state index is 13.6. The number of rotatable bonds is 8. The Bertz CT molecular complexity index is 1580. The molecule has 0 radical (unpaired) electrons. The van der Waals surface area contributed by atoms with E-state index in [1.807, 2.05) is 0 Å². The van der Waals surface area contributed by atoms with Crippen molar-refractivity contribution in [1.29, 1.82) is 0 Å². The van der Waals surface area contributed by atoms with E-state index in [1.165, 1.54) is 55.9 Å². The molecule has 1 saturated heterocycles. The molecule has 0 bridgehead atoms. The molecule has 41 heavy (non-hydrogen) atoms. The fourth-order valence-corrected chi connectivity index (χ4v) is 4.73. The first kappa shape index (κ1) is 28.0. The first-order chi connectivity index (χ1) is 19.8. The molecule has 5 rings (SSSR count). The molecule has 0 spiro atoms. The van der Waals surface area contributed by atoms with Crippen molar-refractivity contribution in [3.63, 3.8) is 0 Å². The van der Waals surface area contributed by atoms with Gasteiger partial charge in [-0.05, 0) is 61.4 Å². The molecule has 0 unspecified atom stereocenters. The molecular formula is C29H26ClF2N5O4. The molecule has 1 aromatic heterocycles. The lowest BCUT2D eigenvalue weighted by molar-refractivity contribution is -0.136. The van der Waals surface area contributed by atoms with Crippen LogP contribution in [0, 0.1) is 17.6 Å². The summed E-state index contributed by atoms with van der Waals surface area (Å²) >= 11 is 5.91. The number of hydrogen-bond donors (Lipinski definition) is 2. The summed E-state index contributed by atoms with van der Waals surface area (Å²) in [5, 5.41) is 6.45. The Balaban J connectivity index is 1.22. The van der Waals surface area contributed by atoms with Crippen molar-refractivity contribution in [1.82, 2.24) is 14.9 Å². The molecule has 4 aromatic rings. The van der Waals surface area contributed by atoms with Crippen molar-refractivity contribution in [3.05, 3.63) is 77.6 Å². The third-order valence-electron chi connectivity index (χ3n) is 6.78. The smallest absolute Gasteiger partial charge is 0.260 e. The van der Waals surface area contributed by atoms with Gasteiger partial charge in [0.15, 0.2) is 18.1 Å². The van der Waals surface area contributed by atoms with Gasteiger partial charge in [-0.2, -0.15) is 0 Å². The van der Waals surface area contributed by atoms with Crippen LogP contribution in [0.4, 0.5) is 26.0 Å². The van der Waals surface area contributed by atoms with E-state index in [-0.39, 0.29) is 35.2 Å². The van der Waals surface area contributed by atoms with Gasteiger partial charge in [-0.1, -0.05) is 11.6 Å².